The van der Waals surface area contributed by atoms with Gasteiger partial charge in [0.1, 0.15) is 0 Å². The zero-order valence-electron chi connectivity index (χ0n) is 9.18. The van der Waals surface area contributed by atoms with Gasteiger partial charge in [-0.2, -0.15) is 0 Å². The summed E-state index contributed by atoms with van der Waals surface area (Å²) < 4.78 is 0. The lowest BCUT2D eigenvalue weighted by molar-refractivity contribution is -0.146. The van der Waals surface area contributed by atoms with Crippen molar-refractivity contribution in [1.29, 1.82) is 0 Å². The number of amides is 2. The Bertz CT molecular complexity index is 332. The standard InChI is InChI=1S/C11H15NO4/c1-2-3-6(11(15)16)5-12-9(13)7-4-8(7)10(12)14/h6-8H,2-5H2,1H3,(H,15,16). The normalized spacial score (nSPS) is 29.2. The molecule has 1 N–H and O–H groups in total. The second-order valence-corrected chi connectivity index (χ2v) is 4.56. The average Bonchev–Trinajstić information content (AvgIpc) is 2.97. The van der Waals surface area contributed by atoms with Gasteiger partial charge in [-0.15, -0.1) is 0 Å². The molecular formula is C11H15NO4. The molecule has 0 bridgehead atoms. The number of fused-ring (bicyclic) bond motifs is 1. The summed E-state index contributed by atoms with van der Waals surface area (Å²) in [4.78, 5) is 35.3. The van der Waals surface area contributed by atoms with Crippen LogP contribution >= 0.6 is 0 Å². The molecule has 1 aliphatic heterocycles. The topological polar surface area (TPSA) is 74.7 Å². The minimum atomic E-state index is -0.928. The Morgan fingerprint density at radius 1 is 1.44 bits per heavy atom. The van der Waals surface area contributed by atoms with Gasteiger partial charge >= 0.3 is 5.97 Å². The number of piperidine rings is 1. The van der Waals surface area contributed by atoms with Crippen LogP contribution in [-0.2, 0) is 14.4 Å². The first kappa shape index (κ1) is 11.1. The SMILES string of the molecule is CCCC(CN1C(=O)C2CC2C1=O)C(=O)O. The molecule has 0 aromatic carbocycles. The molecule has 1 heterocycles. The average molecular weight is 225 g/mol. The number of aliphatic carboxylic acids is 1. The monoisotopic (exact) mass is 225 g/mol. The summed E-state index contributed by atoms with van der Waals surface area (Å²) >= 11 is 0. The number of rotatable bonds is 5. The van der Waals surface area contributed by atoms with E-state index in [1.807, 2.05) is 6.92 Å². The maximum absolute atomic E-state index is 11.6. The van der Waals surface area contributed by atoms with Crippen LogP contribution in [0.4, 0.5) is 0 Å². The molecule has 88 valence electrons. The van der Waals surface area contributed by atoms with E-state index in [2.05, 4.69) is 0 Å². The molecule has 3 unspecified atom stereocenters. The summed E-state index contributed by atoms with van der Waals surface area (Å²) in [5.74, 6) is -2.15. The quantitative estimate of drug-likeness (QED) is 0.691. The van der Waals surface area contributed by atoms with Gasteiger partial charge in [0.2, 0.25) is 11.8 Å². The Hall–Kier alpha value is -1.39. The molecule has 5 nitrogen and oxygen atoms in total. The fraction of sp³-hybridized carbons (Fsp3) is 0.727. The predicted octanol–water partition coefficient (Wildman–Crippen LogP) is 0.492. The second-order valence-electron chi connectivity index (χ2n) is 4.56. The number of carboxylic acid groups (broad SMARTS) is 1. The number of likely N-dealkylation sites (tertiary alicyclic amines) is 1. The van der Waals surface area contributed by atoms with Crippen molar-refractivity contribution in [2.75, 3.05) is 6.54 Å². The van der Waals surface area contributed by atoms with Crippen molar-refractivity contribution in [1.82, 2.24) is 4.90 Å². The van der Waals surface area contributed by atoms with Crippen molar-refractivity contribution in [3.8, 4) is 0 Å². The Morgan fingerprint density at radius 3 is 2.44 bits per heavy atom. The van der Waals surface area contributed by atoms with Gasteiger partial charge in [0, 0.05) is 6.54 Å². The summed E-state index contributed by atoms with van der Waals surface area (Å²) in [5, 5.41) is 8.97. The van der Waals surface area contributed by atoms with E-state index in [9.17, 15) is 14.4 Å². The van der Waals surface area contributed by atoms with E-state index in [0.29, 0.717) is 12.8 Å². The molecule has 2 fully saturated rings. The van der Waals surface area contributed by atoms with E-state index in [0.717, 1.165) is 11.3 Å². The number of imide groups is 1. The van der Waals surface area contributed by atoms with Gasteiger partial charge in [-0.1, -0.05) is 13.3 Å². The van der Waals surface area contributed by atoms with E-state index in [4.69, 9.17) is 5.11 Å². The van der Waals surface area contributed by atoms with Gasteiger partial charge in [0.25, 0.3) is 0 Å². The summed E-state index contributed by atoms with van der Waals surface area (Å²) in [5.41, 5.74) is 0. The lowest BCUT2D eigenvalue weighted by atomic mass is 10.0. The number of nitrogens with zero attached hydrogens (tertiary/aromatic N) is 1. The van der Waals surface area contributed by atoms with Crippen molar-refractivity contribution >= 4 is 17.8 Å². The first-order valence-corrected chi connectivity index (χ1v) is 5.64. The largest absolute Gasteiger partial charge is 0.481 e. The molecule has 0 aromatic heterocycles. The van der Waals surface area contributed by atoms with Crippen LogP contribution in [0.5, 0.6) is 0 Å². The first-order valence-electron chi connectivity index (χ1n) is 5.64. The molecule has 16 heavy (non-hydrogen) atoms. The molecular weight excluding hydrogens is 210 g/mol. The highest BCUT2D eigenvalue weighted by Crippen LogP contribution is 2.47. The maximum Gasteiger partial charge on any atom is 0.308 e. The fourth-order valence-corrected chi connectivity index (χ4v) is 2.29. The van der Waals surface area contributed by atoms with Crippen molar-refractivity contribution in [2.24, 2.45) is 17.8 Å². The molecule has 2 amide bonds. The van der Waals surface area contributed by atoms with Gasteiger partial charge in [-0.3, -0.25) is 19.3 Å². The zero-order valence-corrected chi connectivity index (χ0v) is 9.18. The lowest BCUT2D eigenvalue weighted by Gasteiger charge is -2.20. The molecule has 1 saturated heterocycles. The van der Waals surface area contributed by atoms with E-state index in [1.54, 1.807) is 0 Å². The van der Waals surface area contributed by atoms with Crippen LogP contribution in [0.2, 0.25) is 0 Å². The lowest BCUT2D eigenvalue weighted by Crippen LogP contribution is -2.39. The smallest absolute Gasteiger partial charge is 0.308 e. The van der Waals surface area contributed by atoms with E-state index >= 15 is 0 Å². The third-order valence-electron chi connectivity index (χ3n) is 3.35. The van der Waals surface area contributed by atoms with Crippen molar-refractivity contribution in [3.63, 3.8) is 0 Å². The predicted molar refractivity (Wildman–Crippen MR) is 54.4 cm³/mol. The Balaban J connectivity index is 2.00. The van der Waals surface area contributed by atoms with Crippen LogP contribution in [0.15, 0.2) is 0 Å². The van der Waals surface area contributed by atoms with Crippen LogP contribution in [0.3, 0.4) is 0 Å². The molecule has 0 spiro atoms. The van der Waals surface area contributed by atoms with Crippen molar-refractivity contribution < 1.29 is 19.5 Å². The van der Waals surface area contributed by atoms with Gasteiger partial charge in [-0.05, 0) is 12.8 Å². The number of carbonyl (C=O) groups is 3. The van der Waals surface area contributed by atoms with Gasteiger partial charge < -0.3 is 5.11 Å². The van der Waals surface area contributed by atoms with Crippen molar-refractivity contribution in [2.45, 2.75) is 26.2 Å². The molecule has 2 aliphatic rings. The molecule has 2 rings (SSSR count). The highest BCUT2D eigenvalue weighted by atomic mass is 16.4. The van der Waals surface area contributed by atoms with Crippen LogP contribution in [0.1, 0.15) is 26.2 Å². The Kier molecular flexibility index (Phi) is 2.69. The molecule has 1 aliphatic carbocycles. The van der Waals surface area contributed by atoms with Crippen LogP contribution in [-0.4, -0.2) is 34.3 Å². The van der Waals surface area contributed by atoms with Crippen molar-refractivity contribution in [3.05, 3.63) is 0 Å². The highest BCUT2D eigenvalue weighted by molar-refractivity contribution is 6.09. The van der Waals surface area contributed by atoms with Gasteiger partial charge in [0.05, 0.1) is 17.8 Å². The van der Waals surface area contributed by atoms with E-state index in [1.165, 1.54) is 0 Å². The number of hydrogen-bond acceptors (Lipinski definition) is 3. The Morgan fingerprint density at radius 2 is 2.00 bits per heavy atom. The van der Waals surface area contributed by atoms with Gasteiger partial charge in [-0.25, -0.2) is 0 Å². The Labute approximate surface area is 93.4 Å². The van der Waals surface area contributed by atoms with E-state index < -0.39 is 11.9 Å². The minimum absolute atomic E-state index is 0.0494. The van der Waals surface area contributed by atoms with Crippen LogP contribution in [0.25, 0.3) is 0 Å². The second kappa shape index (κ2) is 3.88. The highest BCUT2D eigenvalue weighted by Gasteiger charge is 2.59. The summed E-state index contributed by atoms with van der Waals surface area (Å²) in [6.07, 6.45) is 1.90. The molecule has 5 heteroatoms. The summed E-state index contributed by atoms with van der Waals surface area (Å²) in [7, 11) is 0. The summed E-state index contributed by atoms with van der Waals surface area (Å²) in [6, 6.07) is 0. The third kappa shape index (κ3) is 1.70. The van der Waals surface area contributed by atoms with Crippen LogP contribution < -0.4 is 0 Å². The zero-order chi connectivity index (χ0) is 11.9. The third-order valence-corrected chi connectivity index (χ3v) is 3.35. The molecule has 0 radical (unpaired) electrons. The number of carboxylic acids is 1. The fourth-order valence-electron chi connectivity index (χ4n) is 2.29. The molecule has 3 atom stereocenters. The van der Waals surface area contributed by atoms with Gasteiger partial charge in [0.15, 0.2) is 0 Å². The number of carbonyl (C=O) groups excluding carboxylic acids is 2. The van der Waals surface area contributed by atoms with Crippen LogP contribution in [0, 0.1) is 17.8 Å². The summed E-state index contributed by atoms with van der Waals surface area (Å²) in [6.45, 7) is 1.94. The molecule has 0 aromatic rings. The first-order chi connectivity index (χ1) is 7.56. The van der Waals surface area contributed by atoms with E-state index in [-0.39, 0.29) is 30.2 Å². The minimum Gasteiger partial charge on any atom is -0.481 e. The number of hydrogen-bond donors (Lipinski definition) is 1. The maximum atomic E-state index is 11.6. The molecule has 1 saturated carbocycles.